The van der Waals surface area contributed by atoms with Crippen molar-refractivity contribution in [3.05, 3.63) is 77.5 Å². The predicted molar refractivity (Wildman–Crippen MR) is 118 cm³/mol. The van der Waals surface area contributed by atoms with Gasteiger partial charge in [0.05, 0.1) is 40.5 Å². The van der Waals surface area contributed by atoms with Crippen molar-refractivity contribution >= 4 is 52.1 Å². The van der Waals surface area contributed by atoms with Crippen molar-refractivity contribution in [2.45, 2.75) is 0 Å². The summed E-state index contributed by atoms with van der Waals surface area (Å²) in [6, 6.07) is 14.5. The summed E-state index contributed by atoms with van der Waals surface area (Å²) < 4.78 is 0. The molecule has 0 saturated carbocycles. The minimum Gasteiger partial charge on any atom is -0.355 e. The highest BCUT2D eigenvalue weighted by atomic mass is 15.5. The second kappa shape index (κ2) is 6.24. The first-order valence-corrected chi connectivity index (χ1v) is 9.56. The number of hydrogen-bond donors (Lipinski definition) is 3. The molecule has 8 bridgehead atoms. The maximum absolute atomic E-state index is 4.73. The molecule has 6 heteroatoms. The zero-order chi connectivity index (χ0) is 19.2. The summed E-state index contributed by atoms with van der Waals surface area (Å²) >= 11 is 0. The van der Waals surface area contributed by atoms with Gasteiger partial charge in [0.15, 0.2) is 0 Å². The second-order valence-corrected chi connectivity index (χ2v) is 7.20. The van der Waals surface area contributed by atoms with Crippen LogP contribution in [0.25, 0.3) is 46.4 Å². The normalized spacial score (nSPS) is 14.6. The molecule has 6 heterocycles. The summed E-state index contributed by atoms with van der Waals surface area (Å²) in [4.78, 5) is 16.4. The summed E-state index contributed by atoms with van der Waals surface area (Å²) in [6.45, 7) is 0.817. The average molecular weight is 378 g/mol. The molecule has 0 atom stereocenters. The number of H-pyrrole nitrogens is 2. The van der Waals surface area contributed by atoms with E-state index < -0.39 is 0 Å². The van der Waals surface area contributed by atoms with Gasteiger partial charge >= 0.3 is 0 Å². The quantitative estimate of drug-likeness (QED) is 0.402. The maximum atomic E-state index is 4.73. The van der Waals surface area contributed by atoms with Crippen LogP contribution in [0, 0.1) is 0 Å². The Balaban J connectivity index is 1.65. The number of hydrogen-bond acceptors (Lipinski definition) is 4. The monoisotopic (exact) mass is 378 g/mol. The van der Waals surface area contributed by atoms with E-state index in [2.05, 4.69) is 61.8 Å². The SMILES string of the molecule is C1=CNN(c2cc3cc4ccc(cc5nc(cc6nc(cc2[nH]3)C=C6)C=C5)[nH]4)C1. The van der Waals surface area contributed by atoms with Gasteiger partial charge in [-0.2, -0.15) is 0 Å². The van der Waals surface area contributed by atoms with Gasteiger partial charge in [-0.15, -0.1) is 0 Å². The summed E-state index contributed by atoms with van der Waals surface area (Å²) in [5.74, 6) is 0. The van der Waals surface area contributed by atoms with Crippen LogP contribution in [-0.4, -0.2) is 26.5 Å². The van der Waals surface area contributed by atoms with Crippen LogP contribution in [0.4, 0.5) is 5.69 Å². The molecule has 29 heavy (non-hydrogen) atoms. The lowest BCUT2D eigenvalue weighted by molar-refractivity contribution is 0.845. The molecule has 3 aromatic heterocycles. The fourth-order valence-electron chi connectivity index (χ4n) is 3.75. The lowest BCUT2D eigenvalue weighted by Crippen LogP contribution is -2.29. The van der Waals surface area contributed by atoms with Crippen LogP contribution in [0.2, 0.25) is 0 Å². The van der Waals surface area contributed by atoms with Gasteiger partial charge in [0.25, 0.3) is 0 Å². The fourth-order valence-corrected chi connectivity index (χ4v) is 3.75. The van der Waals surface area contributed by atoms with Crippen molar-refractivity contribution in [1.82, 2.24) is 25.4 Å². The number of nitrogens with one attached hydrogen (secondary N) is 3. The Hall–Kier alpha value is -4.06. The van der Waals surface area contributed by atoms with Crippen LogP contribution in [0.1, 0.15) is 22.8 Å². The van der Waals surface area contributed by atoms with E-state index in [1.165, 1.54) is 0 Å². The number of aromatic amines is 2. The molecule has 6 nitrogen and oxygen atoms in total. The average Bonchev–Trinajstić information content (AvgIpc) is 3.50. The Kier molecular flexibility index (Phi) is 3.43. The standard InChI is InChI=1S/C23H18N6/c1-8-24-29(9-1)23-14-21-12-19-5-4-17(26-19)10-15-2-3-16(25-15)11-18-6-7-20(27-18)13-22(23)28-21/h1-8,10-14,24,26,28H,9H2. The third kappa shape index (κ3) is 3.00. The topological polar surface area (TPSA) is 72.6 Å². The maximum Gasteiger partial charge on any atom is 0.0831 e. The Morgan fingerprint density at radius 3 is 2.10 bits per heavy atom. The van der Waals surface area contributed by atoms with Gasteiger partial charge in [-0.1, -0.05) is 0 Å². The van der Waals surface area contributed by atoms with Crippen LogP contribution in [-0.2, 0) is 0 Å². The van der Waals surface area contributed by atoms with Crippen molar-refractivity contribution < 1.29 is 0 Å². The molecule has 0 aliphatic carbocycles. The van der Waals surface area contributed by atoms with E-state index in [0.717, 1.165) is 57.1 Å². The van der Waals surface area contributed by atoms with Gasteiger partial charge < -0.3 is 15.4 Å². The number of rotatable bonds is 1. The van der Waals surface area contributed by atoms with Gasteiger partial charge in [0, 0.05) is 22.8 Å². The highest BCUT2D eigenvalue weighted by molar-refractivity contribution is 5.84. The molecule has 6 rings (SSSR count). The molecule has 3 N–H and O–H groups in total. The molecule has 0 fully saturated rings. The lowest BCUT2D eigenvalue weighted by atomic mass is 10.3. The van der Waals surface area contributed by atoms with Crippen LogP contribution in [0.3, 0.4) is 0 Å². The lowest BCUT2D eigenvalue weighted by Gasteiger charge is -2.16. The molecule has 0 amide bonds. The molecule has 140 valence electrons. The van der Waals surface area contributed by atoms with Crippen LogP contribution in [0.5, 0.6) is 0 Å². The molecular formula is C23H18N6. The van der Waals surface area contributed by atoms with Crippen molar-refractivity contribution in [2.75, 3.05) is 11.6 Å². The van der Waals surface area contributed by atoms with E-state index in [9.17, 15) is 0 Å². The van der Waals surface area contributed by atoms with E-state index in [1.807, 2.05) is 42.6 Å². The Labute approximate surface area is 166 Å². The van der Waals surface area contributed by atoms with Gasteiger partial charge in [-0.05, 0) is 72.8 Å². The minimum atomic E-state index is 0.817. The number of fused-ring (bicyclic) bond motifs is 8. The van der Waals surface area contributed by atoms with Crippen molar-refractivity contribution in [3.8, 4) is 0 Å². The smallest absolute Gasteiger partial charge is 0.0831 e. The van der Waals surface area contributed by atoms with E-state index in [-0.39, 0.29) is 0 Å². The molecule has 3 aliphatic heterocycles. The van der Waals surface area contributed by atoms with E-state index in [4.69, 9.17) is 4.98 Å². The van der Waals surface area contributed by atoms with Crippen molar-refractivity contribution in [3.63, 3.8) is 0 Å². The largest absolute Gasteiger partial charge is 0.355 e. The first-order valence-electron chi connectivity index (χ1n) is 9.56. The van der Waals surface area contributed by atoms with Crippen LogP contribution < -0.4 is 10.4 Å². The third-order valence-electron chi connectivity index (χ3n) is 5.07. The fraction of sp³-hybridized carbons (Fsp3) is 0.0435. The zero-order valence-electron chi connectivity index (χ0n) is 15.6. The number of hydrazine groups is 1. The molecular weight excluding hydrogens is 360 g/mol. The highest BCUT2D eigenvalue weighted by Crippen LogP contribution is 2.25. The molecule has 3 aromatic rings. The van der Waals surface area contributed by atoms with Crippen molar-refractivity contribution in [1.29, 1.82) is 0 Å². The molecule has 0 saturated heterocycles. The Morgan fingerprint density at radius 2 is 1.38 bits per heavy atom. The second-order valence-electron chi connectivity index (χ2n) is 7.20. The van der Waals surface area contributed by atoms with E-state index in [0.29, 0.717) is 0 Å². The molecule has 0 radical (unpaired) electrons. The van der Waals surface area contributed by atoms with Crippen LogP contribution in [0.15, 0.2) is 54.7 Å². The summed E-state index contributed by atoms with van der Waals surface area (Å²) in [6.07, 6.45) is 12.1. The third-order valence-corrected chi connectivity index (χ3v) is 5.07. The zero-order valence-corrected chi connectivity index (χ0v) is 15.6. The molecule has 0 aromatic carbocycles. The molecule has 0 unspecified atom stereocenters. The van der Waals surface area contributed by atoms with Gasteiger partial charge in [-0.25, -0.2) is 9.97 Å². The van der Waals surface area contributed by atoms with Crippen LogP contribution >= 0.6 is 0 Å². The highest BCUT2D eigenvalue weighted by Gasteiger charge is 2.12. The number of anilines is 1. The van der Waals surface area contributed by atoms with Gasteiger partial charge in [-0.3, -0.25) is 5.01 Å². The van der Waals surface area contributed by atoms with Crippen molar-refractivity contribution in [2.24, 2.45) is 0 Å². The Bertz CT molecular complexity index is 1360. The summed E-state index contributed by atoms with van der Waals surface area (Å²) in [7, 11) is 0. The van der Waals surface area contributed by atoms with Gasteiger partial charge in [0.1, 0.15) is 0 Å². The summed E-state index contributed by atoms with van der Waals surface area (Å²) in [5.41, 5.74) is 12.1. The van der Waals surface area contributed by atoms with E-state index in [1.54, 1.807) is 0 Å². The molecule has 0 spiro atoms. The van der Waals surface area contributed by atoms with Gasteiger partial charge in [0.2, 0.25) is 0 Å². The minimum absolute atomic E-state index is 0.817. The first-order chi connectivity index (χ1) is 14.3. The molecule has 3 aliphatic rings. The number of nitrogens with zero attached hydrogens (tertiary/aromatic N) is 3. The summed E-state index contributed by atoms with van der Waals surface area (Å²) in [5, 5.41) is 2.10. The predicted octanol–water partition coefficient (Wildman–Crippen LogP) is 4.49. The first kappa shape index (κ1) is 15.9. The number of aromatic nitrogens is 4. The Morgan fingerprint density at radius 1 is 0.690 bits per heavy atom. The van der Waals surface area contributed by atoms with E-state index >= 15 is 0 Å².